The van der Waals surface area contributed by atoms with E-state index in [1.807, 2.05) is 39.0 Å². The van der Waals surface area contributed by atoms with Crippen molar-refractivity contribution in [1.82, 2.24) is 10.2 Å². The molecular weight excluding hydrogens is 292 g/mol. The molecule has 0 saturated carbocycles. The second-order valence-corrected chi connectivity index (χ2v) is 5.71. The summed E-state index contributed by atoms with van der Waals surface area (Å²) in [6.45, 7) is 10.2. The van der Waals surface area contributed by atoms with E-state index < -0.39 is 6.04 Å². The summed E-state index contributed by atoms with van der Waals surface area (Å²) < 4.78 is 5.23. The number of benzene rings is 1. The molecule has 1 aromatic rings. The van der Waals surface area contributed by atoms with E-state index in [1.165, 1.54) is 0 Å². The number of nitrogens with one attached hydrogen (secondary N) is 1. The van der Waals surface area contributed by atoms with Gasteiger partial charge in [0.1, 0.15) is 0 Å². The van der Waals surface area contributed by atoms with Crippen LogP contribution < -0.4 is 5.32 Å². The van der Waals surface area contributed by atoms with Gasteiger partial charge in [0.15, 0.2) is 0 Å². The molecule has 2 rings (SSSR count). The van der Waals surface area contributed by atoms with Crippen LogP contribution in [0.2, 0.25) is 0 Å². The summed E-state index contributed by atoms with van der Waals surface area (Å²) in [6.07, 6.45) is 0. The summed E-state index contributed by atoms with van der Waals surface area (Å²) in [5.74, 6) is -0.380. The van der Waals surface area contributed by atoms with Crippen molar-refractivity contribution in [3.63, 3.8) is 0 Å². The number of carbonyl (C=O) groups is 2. The number of rotatable bonds is 4. The van der Waals surface area contributed by atoms with Crippen LogP contribution in [-0.2, 0) is 9.53 Å². The highest BCUT2D eigenvalue weighted by atomic mass is 16.5. The fourth-order valence-electron chi connectivity index (χ4n) is 2.94. The first-order valence-corrected chi connectivity index (χ1v) is 7.93. The molecule has 0 aliphatic carbocycles. The third-order valence-corrected chi connectivity index (χ3v) is 4.15. The number of ether oxygens (including phenoxy) is 1. The molecule has 1 aliphatic heterocycles. The smallest absolute Gasteiger partial charge is 0.338 e. The summed E-state index contributed by atoms with van der Waals surface area (Å²) in [7, 11) is 0. The van der Waals surface area contributed by atoms with E-state index in [-0.39, 0.29) is 12.0 Å². The van der Waals surface area contributed by atoms with Gasteiger partial charge in [-0.1, -0.05) is 23.8 Å². The lowest BCUT2D eigenvalue weighted by Gasteiger charge is -2.35. The standard InChI is InChI=1S/C18H24N2O3/c1-6-20-13(5)15(17(21)23-7-2)16(19-18(20)22)14-10-11(3)8-9-12(14)4/h8-10,16H,6-7H2,1-5H3,(H,19,22)/t16-/m0/s1. The molecule has 1 atom stereocenters. The zero-order valence-corrected chi connectivity index (χ0v) is 14.4. The molecule has 1 N–H and O–H groups in total. The number of esters is 1. The third-order valence-electron chi connectivity index (χ3n) is 4.15. The number of urea groups is 1. The van der Waals surface area contributed by atoms with Gasteiger partial charge in [0.05, 0.1) is 18.2 Å². The van der Waals surface area contributed by atoms with E-state index in [0.29, 0.717) is 24.4 Å². The van der Waals surface area contributed by atoms with Gasteiger partial charge in [0.2, 0.25) is 0 Å². The summed E-state index contributed by atoms with van der Waals surface area (Å²) in [5, 5.41) is 2.95. The van der Waals surface area contributed by atoms with Crippen molar-refractivity contribution < 1.29 is 14.3 Å². The van der Waals surface area contributed by atoms with Crippen LogP contribution in [0.3, 0.4) is 0 Å². The molecule has 124 valence electrons. The average molecular weight is 316 g/mol. The Morgan fingerprint density at radius 3 is 2.57 bits per heavy atom. The van der Waals surface area contributed by atoms with E-state index in [1.54, 1.807) is 18.7 Å². The molecule has 0 saturated heterocycles. The van der Waals surface area contributed by atoms with Crippen LogP contribution in [0.15, 0.2) is 29.5 Å². The van der Waals surface area contributed by atoms with E-state index >= 15 is 0 Å². The van der Waals surface area contributed by atoms with Gasteiger partial charge in [0, 0.05) is 12.2 Å². The second-order valence-electron chi connectivity index (χ2n) is 5.71. The summed E-state index contributed by atoms with van der Waals surface area (Å²) in [5.41, 5.74) is 4.19. The Balaban J connectivity index is 2.59. The molecule has 0 aromatic heterocycles. The van der Waals surface area contributed by atoms with Crippen molar-refractivity contribution in [2.45, 2.75) is 40.7 Å². The number of aryl methyl sites for hydroxylation is 2. The zero-order valence-electron chi connectivity index (χ0n) is 14.4. The van der Waals surface area contributed by atoms with Crippen LogP contribution in [0.5, 0.6) is 0 Å². The lowest BCUT2D eigenvalue weighted by atomic mass is 9.91. The molecule has 2 amide bonds. The van der Waals surface area contributed by atoms with Gasteiger partial charge in [0.25, 0.3) is 0 Å². The minimum atomic E-state index is -0.482. The number of carbonyl (C=O) groups excluding carboxylic acids is 2. The van der Waals surface area contributed by atoms with Crippen molar-refractivity contribution in [2.75, 3.05) is 13.2 Å². The molecule has 0 radical (unpaired) electrons. The predicted molar refractivity (Wildman–Crippen MR) is 88.9 cm³/mol. The van der Waals surface area contributed by atoms with Crippen molar-refractivity contribution in [3.8, 4) is 0 Å². The molecule has 5 nitrogen and oxygen atoms in total. The zero-order chi connectivity index (χ0) is 17.1. The van der Waals surface area contributed by atoms with Crippen molar-refractivity contribution in [2.24, 2.45) is 0 Å². The molecule has 0 spiro atoms. The Kier molecular flexibility index (Phi) is 5.08. The minimum absolute atomic E-state index is 0.191. The van der Waals surface area contributed by atoms with Crippen LogP contribution in [0, 0.1) is 13.8 Å². The maximum atomic E-state index is 12.5. The summed E-state index contributed by atoms with van der Waals surface area (Å²) in [6, 6.07) is 5.35. The maximum Gasteiger partial charge on any atom is 0.338 e. The van der Waals surface area contributed by atoms with E-state index in [4.69, 9.17) is 4.74 Å². The quantitative estimate of drug-likeness (QED) is 0.868. The number of nitrogens with zero attached hydrogens (tertiary/aromatic N) is 1. The van der Waals surface area contributed by atoms with Gasteiger partial charge in [-0.2, -0.15) is 0 Å². The van der Waals surface area contributed by atoms with Crippen molar-refractivity contribution in [1.29, 1.82) is 0 Å². The van der Waals surface area contributed by atoms with Crippen LogP contribution in [0.25, 0.3) is 0 Å². The molecule has 0 bridgehead atoms. The first kappa shape index (κ1) is 17.1. The van der Waals surface area contributed by atoms with Gasteiger partial charge in [-0.15, -0.1) is 0 Å². The molecular formula is C18H24N2O3. The van der Waals surface area contributed by atoms with E-state index in [2.05, 4.69) is 5.32 Å². The molecule has 0 unspecified atom stereocenters. The molecule has 23 heavy (non-hydrogen) atoms. The fraction of sp³-hybridized carbons (Fsp3) is 0.444. The maximum absolute atomic E-state index is 12.5. The number of hydrogen-bond acceptors (Lipinski definition) is 3. The van der Waals surface area contributed by atoms with Crippen molar-refractivity contribution >= 4 is 12.0 Å². The molecule has 0 fully saturated rings. The predicted octanol–water partition coefficient (Wildman–Crippen LogP) is 3.23. The minimum Gasteiger partial charge on any atom is -0.463 e. The largest absolute Gasteiger partial charge is 0.463 e. The molecule has 1 heterocycles. The lowest BCUT2D eigenvalue weighted by molar-refractivity contribution is -0.139. The summed E-state index contributed by atoms with van der Waals surface area (Å²) >= 11 is 0. The molecule has 1 aliphatic rings. The summed E-state index contributed by atoms with van der Waals surface area (Å²) in [4.78, 5) is 26.4. The molecule has 1 aromatic carbocycles. The highest BCUT2D eigenvalue weighted by molar-refractivity contribution is 5.95. The first-order chi connectivity index (χ1) is 10.9. The SMILES string of the molecule is CCOC(=O)C1=C(C)N(CC)C(=O)N[C@H]1c1cc(C)ccc1C. The average Bonchev–Trinajstić information content (AvgIpc) is 2.49. The Bertz CT molecular complexity index is 664. The fourth-order valence-corrected chi connectivity index (χ4v) is 2.94. The lowest BCUT2D eigenvalue weighted by Crippen LogP contribution is -2.48. The Morgan fingerprint density at radius 2 is 1.96 bits per heavy atom. The van der Waals surface area contributed by atoms with Gasteiger partial charge in [-0.3, -0.25) is 4.90 Å². The third kappa shape index (κ3) is 3.23. The molecule has 5 heteroatoms. The topological polar surface area (TPSA) is 58.6 Å². The Morgan fingerprint density at radius 1 is 1.26 bits per heavy atom. The van der Waals surface area contributed by atoms with Gasteiger partial charge in [-0.05, 0) is 45.7 Å². The van der Waals surface area contributed by atoms with Crippen LogP contribution in [0.1, 0.15) is 43.5 Å². The number of allylic oxidation sites excluding steroid dienone is 1. The monoisotopic (exact) mass is 316 g/mol. The van der Waals surface area contributed by atoms with Crippen LogP contribution in [-0.4, -0.2) is 30.1 Å². The van der Waals surface area contributed by atoms with Gasteiger partial charge in [-0.25, -0.2) is 9.59 Å². The number of hydrogen-bond donors (Lipinski definition) is 1. The van der Waals surface area contributed by atoms with Crippen molar-refractivity contribution in [3.05, 3.63) is 46.2 Å². The van der Waals surface area contributed by atoms with Crippen LogP contribution >= 0.6 is 0 Å². The highest BCUT2D eigenvalue weighted by Crippen LogP contribution is 2.33. The number of amides is 2. The first-order valence-electron chi connectivity index (χ1n) is 7.93. The van der Waals surface area contributed by atoms with Gasteiger partial charge >= 0.3 is 12.0 Å². The Hall–Kier alpha value is -2.30. The van der Waals surface area contributed by atoms with E-state index in [0.717, 1.165) is 16.7 Å². The highest BCUT2D eigenvalue weighted by Gasteiger charge is 2.36. The van der Waals surface area contributed by atoms with Crippen LogP contribution in [0.4, 0.5) is 4.79 Å². The van der Waals surface area contributed by atoms with E-state index in [9.17, 15) is 9.59 Å². The Labute approximate surface area is 137 Å². The van der Waals surface area contributed by atoms with Gasteiger partial charge < -0.3 is 10.1 Å². The second kappa shape index (κ2) is 6.86. The normalized spacial score (nSPS) is 18.0.